The number of benzene rings is 2. The second kappa shape index (κ2) is 7.80. The molecule has 0 spiro atoms. The van der Waals surface area contributed by atoms with Crippen molar-refractivity contribution in [2.75, 3.05) is 7.11 Å². The van der Waals surface area contributed by atoms with E-state index >= 15 is 0 Å². The van der Waals surface area contributed by atoms with Crippen molar-refractivity contribution in [3.63, 3.8) is 0 Å². The molecular formula is C21H23N5O2. The van der Waals surface area contributed by atoms with Crippen LogP contribution in [0.1, 0.15) is 31.2 Å². The summed E-state index contributed by atoms with van der Waals surface area (Å²) >= 11 is 0. The minimum atomic E-state index is -0.341. The molecule has 4 rings (SSSR count). The molecule has 7 nitrogen and oxygen atoms in total. The number of methoxy groups -OCH3 is 1. The van der Waals surface area contributed by atoms with E-state index in [2.05, 4.69) is 20.7 Å². The van der Waals surface area contributed by atoms with Gasteiger partial charge in [0.15, 0.2) is 0 Å². The molecule has 0 radical (unpaired) electrons. The monoisotopic (exact) mass is 377 g/mol. The van der Waals surface area contributed by atoms with Crippen LogP contribution < -0.4 is 10.1 Å². The van der Waals surface area contributed by atoms with Crippen LogP contribution in [0.4, 0.5) is 0 Å². The number of amides is 1. The van der Waals surface area contributed by atoms with E-state index in [1.807, 2.05) is 54.6 Å². The number of hydrogen-bond acceptors (Lipinski definition) is 5. The molecule has 2 aromatic carbocycles. The Kier molecular flexibility index (Phi) is 5.06. The van der Waals surface area contributed by atoms with Crippen molar-refractivity contribution in [1.29, 1.82) is 0 Å². The van der Waals surface area contributed by atoms with Crippen molar-refractivity contribution < 1.29 is 9.53 Å². The zero-order valence-electron chi connectivity index (χ0n) is 15.8. The molecule has 1 fully saturated rings. The normalized spacial score (nSPS) is 15.3. The Labute approximate surface area is 163 Å². The number of carbonyl (C=O) groups is 1. The van der Waals surface area contributed by atoms with Gasteiger partial charge in [-0.2, -0.15) is 4.80 Å². The SMILES string of the molecule is COc1ccc(C2(NC(=O)Cn3nnc(-c4ccccc4)n3)CCCC2)cc1. The van der Waals surface area contributed by atoms with E-state index in [1.54, 1.807) is 7.11 Å². The van der Waals surface area contributed by atoms with Crippen LogP contribution >= 0.6 is 0 Å². The molecule has 1 aromatic heterocycles. The molecule has 0 bridgehead atoms. The van der Waals surface area contributed by atoms with Crippen molar-refractivity contribution >= 4 is 5.91 Å². The van der Waals surface area contributed by atoms with Gasteiger partial charge in [-0.15, -0.1) is 10.2 Å². The molecule has 0 atom stereocenters. The number of nitrogens with one attached hydrogen (secondary N) is 1. The lowest BCUT2D eigenvalue weighted by molar-refractivity contribution is -0.124. The van der Waals surface area contributed by atoms with E-state index in [4.69, 9.17) is 4.74 Å². The van der Waals surface area contributed by atoms with E-state index in [0.29, 0.717) is 5.82 Å². The van der Waals surface area contributed by atoms with Crippen LogP contribution in [0.15, 0.2) is 54.6 Å². The lowest BCUT2D eigenvalue weighted by atomic mass is 9.88. The summed E-state index contributed by atoms with van der Waals surface area (Å²) in [6.45, 7) is 0.0394. The lowest BCUT2D eigenvalue weighted by Gasteiger charge is -2.31. The molecular weight excluding hydrogens is 354 g/mol. The molecule has 0 aliphatic heterocycles. The first-order valence-corrected chi connectivity index (χ1v) is 9.47. The molecule has 1 saturated carbocycles. The van der Waals surface area contributed by atoms with Gasteiger partial charge in [-0.3, -0.25) is 4.79 Å². The Morgan fingerprint density at radius 1 is 1.11 bits per heavy atom. The van der Waals surface area contributed by atoms with E-state index in [9.17, 15) is 4.79 Å². The average molecular weight is 377 g/mol. The van der Waals surface area contributed by atoms with Gasteiger partial charge in [0.1, 0.15) is 12.3 Å². The van der Waals surface area contributed by atoms with Gasteiger partial charge in [-0.1, -0.05) is 55.3 Å². The number of carbonyl (C=O) groups excluding carboxylic acids is 1. The van der Waals surface area contributed by atoms with Crippen molar-refractivity contribution in [3.8, 4) is 17.1 Å². The van der Waals surface area contributed by atoms with Crippen molar-refractivity contribution in [2.45, 2.75) is 37.8 Å². The van der Waals surface area contributed by atoms with Crippen LogP contribution in [0.25, 0.3) is 11.4 Å². The quantitative estimate of drug-likeness (QED) is 0.714. The van der Waals surface area contributed by atoms with E-state index in [1.165, 1.54) is 4.80 Å². The van der Waals surface area contributed by atoms with Gasteiger partial charge in [0.2, 0.25) is 11.7 Å². The molecule has 1 N–H and O–H groups in total. The first-order valence-electron chi connectivity index (χ1n) is 9.47. The minimum Gasteiger partial charge on any atom is -0.497 e. The van der Waals surface area contributed by atoms with Crippen molar-refractivity contribution in [1.82, 2.24) is 25.5 Å². The zero-order chi connectivity index (χ0) is 19.4. The fraction of sp³-hybridized carbons (Fsp3) is 0.333. The highest BCUT2D eigenvalue weighted by atomic mass is 16.5. The molecule has 1 aliphatic rings. The topological polar surface area (TPSA) is 81.9 Å². The molecule has 0 saturated heterocycles. The van der Waals surface area contributed by atoms with Gasteiger partial charge >= 0.3 is 0 Å². The van der Waals surface area contributed by atoms with Crippen LogP contribution in [0.5, 0.6) is 5.75 Å². The molecule has 1 aliphatic carbocycles. The van der Waals surface area contributed by atoms with Gasteiger partial charge in [0.25, 0.3) is 0 Å². The maximum absolute atomic E-state index is 12.8. The number of rotatable bonds is 6. The Morgan fingerprint density at radius 2 is 1.82 bits per heavy atom. The van der Waals surface area contributed by atoms with Crippen LogP contribution in [0.3, 0.4) is 0 Å². The third-order valence-electron chi connectivity index (χ3n) is 5.25. The fourth-order valence-corrected chi connectivity index (χ4v) is 3.82. The molecule has 1 heterocycles. The average Bonchev–Trinajstić information content (AvgIpc) is 3.39. The highest BCUT2D eigenvalue weighted by Gasteiger charge is 2.37. The summed E-state index contributed by atoms with van der Waals surface area (Å²) in [7, 11) is 1.65. The van der Waals surface area contributed by atoms with E-state index < -0.39 is 0 Å². The first-order chi connectivity index (χ1) is 13.7. The maximum atomic E-state index is 12.8. The number of nitrogens with zero attached hydrogens (tertiary/aromatic N) is 4. The summed E-state index contributed by atoms with van der Waals surface area (Å²) < 4.78 is 5.25. The summed E-state index contributed by atoms with van der Waals surface area (Å²) in [5.41, 5.74) is 1.64. The zero-order valence-corrected chi connectivity index (χ0v) is 15.8. The van der Waals surface area contributed by atoms with Gasteiger partial charge < -0.3 is 10.1 Å². The van der Waals surface area contributed by atoms with Crippen LogP contribution in [0.2, 0.25) is 0 Å². The number of aromatic nitrogens is 4. The van der Waals surface area contributed by atoms with Crippen LogP contribution in [0, 0.1) is 0 Å². The summed E-state index contributed by atoms with van der Waals surface area (Å²) in [5, 5.41) is 15.6. The highest BCUT2D eigenvalue weighted by molar-refractivity contribution is 5.76. The lowest BCUT2D eigenvalue weighted by Crippen LogP contribution is -2.45. The third-order valence-corrected chi connectivity index (χ3v) is 5.25. The summed E-state index contributed by atoms with van der Waals surface area (Å²) in [5.74, 6) is 1.21. The highest BCUT2D eigenvalue weighted by Crippen LogP contribution is 2.39. The predicted octanol–water partition coefficient (Wildman–Crippen LogP) is 2.93. The van der Waals surface area contributed by atoms with Gasteiger partial charge in [-0.05, 0) is 35.8 Å². The largest absolute Gasteiger partial charge is 0.497 e. The van der Waals surface area contributed by atoms with Crippen LogP contribution in [-0.4, -0.2) is 33.2 Å². The minimum absolute atomic E-state index is 0.0394. The third kappa shape index (κ3) is 3.74. The Balaban J connectivity index is 1.47. The smallest absolute Gasteiger partial charge is 0.244 e. The van der Waals surface area contributed by atoms with E-state index in [0.717, 1.165) is 42.6 Å². The summed E-state index contributed by atoms with van der Waals surface area (Å²) in [4.78, 5) is 14.1. The molecule has 7 heteroatoms. The second-order valence-corrected chi connectivity index (χ2v) is 7.08. The first kappa shape index (κ1) is 18.2. The summed E-state index contributed by atoms with van der Waals surface area (Å²) in [6, 6.07) is 17.5. The second-order valence-electron chi connectivity index (χ2n) is 7.08. The molecule has 28 heavy (non-hydrogen) atoms. The van der Waals surface area contributed by atoms with Crippen LogP contribution in [-0.2, 0) is 16.9 Å². The Bertz CT molecular complexity index is 931. The number of tetrazole rings is 1. The Morgan fingerprint density at radius 3 is 2.50 bits per heavy atom. The maximum Gasteiger partial charge on any atom is 0.244 e. The molecule has 1 amide bonds. The van der Waals surface area contributed by atoms with E-state index in [-0.39, 0.29) is 18.0 Å². The predicted molar refractivity (Wildman–Crippen MR) is 105 cm³/mol. The summed E-state index contributed by atoms with van der Waals surface area (Å²) in [6.07, 6.45) is 4.02. The standard InChI is InChI=1S/C21H23N5O2/c1-28-18-11-9-17(10-12-18)21(13-5-6-14-21)22-19(27)15-26-24-20(23-25-26)16-7-3-2-4-8-16/h2-4,7-12H,5-6,13-15H2,1H3,(H,22,27). The molecule has 3 aromatic rings. The van der Waals surface area contributed by atoms with Crippen molar-refractivity contribution in [2.24, 2.45) is 0 Å². The Hall–Kier alpha value is -3.22. The van der Waals surface area contributed by atoms with Gasteiger partial charge in [0.05, 0.1) is 12.6 Å². The fourth-order valence-electron chi connectivity index (χ4n) is 3.82. The number of ether oxygens (including phenoxy) is 1. The van der Waals surface area contributed by atoms with Crippen molar-refractivity contribution in [3.05, 3.63) is 60.2 Å². The molecule has 0 unspecified atom stereocenters. The van der Waals surface area contributed by atoms with Gasteiger partial charge in [0, 0.05) is 5.56 Å². The number of hydrogen-bond donors (Lipinski definition) is 1. The van der Waals surface area contributed by atoms with Gasteiger partial charge in [-0.25, -0.2) is 0 Å². The molecule has 144 valence electrons.